The Morgan fingerprint density at radius 3 is 2.72 bits per heavy atom. The van der Waals surface area contributed by atoms with Gasteiger partial charge in [0, 0.05) is 30.3 Å². The Bertz CT molecular complexity index is 757. The van der Waals surface area contributed by atoms with Crippen LogP contribution in [0.2, 0.25) is 0 Å². The molecule has 4 nitrogen and oxygen atoms in total. The normalized spacial score (nSPS) is 28.9. The topological polar surface area (TPSA) is 40.5 Å². The number of fused-ring (bicyclic) bond motifs is 3. The van der Waals surface area contributed by atoms with Crippen LogP contribution < -0.4 is 0 Å². The second-order valence-electron chi connectivity index (χ2n) is 7.36. The highest BCUT2D eigenvalue weighted by Crippen LogP contribution is 2.40. The Balaban J connectivity index is 1.54. The number of ether oxygens (including phenoxy) is 2. The van der Waals surface area contributed by atoms with Gasteiger partial charge in [-0.1, -0.05) is 25.1 Å². The monoisotopic (exact) mass is 345 g/mol. The number of carbonyl (C=O) groups is 1. The summed E-state index contributed by atoms with van der Waals surface area (Å²) in [4.78, 5) is 12.8. The number of para-hydroxylation sites is 1. The maximum Gasteiger partial charge on any atom is 0.340 e. The number of aromatic nitrogens is 1. The van der Waals surface area contributed by atoms with Crippen LogP contribution in [0.4, 0.5) is 4.39 Å². The van der Waals surface area contributed by atoms with Gasteiger partial charge < -0.3 is 14.0 Å². The predicted octanol–water partition coefficient (Wildman–Crippen LogP) is 3.83. The summed E-state index contributed by atoms with van der Waals surface area (Å²) in [5, 5.41) is 0.827. The number of rotatable bonds is 4. The average molecular weight is 345 g/mol. The number of nitrogens with zero attached hydrogens (tertiary/aromatic N) is 1. The number of aryl methyl sites for hydroxylation is 1. The van der Waals surface area contributed by atoms with Crippen molar-refractivity contribution in [2.45, 2.75) is 32.4 Å². The third-order valence-corrected chi connectivity index (χ3v) is 5.89. The largest absolute Gasteiger partial charge is 0.459 e. The third-order valence-electron chi connectivity index (χ3n) is 5.89. The van der Waals surface area contributed by atoms with E-state index in [-0.39, 0.29) is 18.6 Å². The molecule has 1 aromatic heterocycles. The summed E-state index contributed by atoms with van der Waals surface area (Å²) < 4.78 is 26.1. The first kappa shape index (κ1) is 16.6. The molecular weight excluding hydrogens is 321 g/mol. The number of alkyl halides is 1. The number of carbonyl (C=O) groups excluding carboxylic acids is 1. The molecule has 2 unspecified atom stereocenters. The van der Waals surface area contributed by atoms with Gasteiger partial charge in [0.25, 0.3) is 0 Å². The highest BCUT2D eigenvalue weighted by Gasteiger charge is 2.40. The number of hydrogen-bond acceptors (Lipinski definition) is 3. The van der Waals surface area contributed by atoms with Crippen molar-refractivity contribution >= 4 is 16.9 Å². The first-order valence-electron chi connectivity index (χ1n) is 9.10. The Morgan fingerprint density at radius 2 is 2.00 bits per heavy atom. The van der Waals surface area contributed by atoms with Crippen molar-refractivity contribution in [3.8, 4) is 0 Å². The lowest BCUT2D eigenvalue weighted by molar-refractivity contribution is -0.0908. The maximum atomic E-state index is 12.8. The van der Waals surface area contributed by atoms with Crippen LogP contribution in [-0.4, -0.2) is 36.5 Å². The van der Waals surface area contributed by atoms with Crippen LogP contribution in [0.1, 0.15) is 30.1 Å². The highest BCUT2D eigenvalue weighted by molar-refractivity contribution is 6.04. The van der Waals surface area contributed by atoms with E-state index in [0.29, 0.717) is 23.3 Å². The molecule has 25 heavy (non-hydrogen) atoms. The zero-order valence-corrected chi connectivity index (χ0v) is 14.5. The van der Waals surface area contributed by atoms with Crippen molar-refractivity contribution in [3.05, 3.63) is 36.0 Å². The molecule has 0 amide bonds. The van der Waals surface area contributed by atoms with Gasteiger partial charge in [-0.05, 0) is 36.7 Å². The van der Waals surface area contributed by atoms with Crippen LogP contribution in [0.25, 0.3) is 10.9 Å². The van der Waals surface area contributed by atoms with Crippen LogP contribution in [-0.2, 0) is 16.0 Å². The number of halogens is 1. The van der Waals surface area contributed by atoms with Crippen molar-refractivity contribution in [2.24, 2.45) is 17.8 Å². The molecule has 0 radical (unpaired) electrons. The second kappa shape index (κ2) is 6.79. The minimum Gasteiger partial charge on any atom is -0.459 e. The molecule has 2 atom stereocenters. The molecule has 0 spiro atoms. The van der Waals surface area contributed by atoms with Crippen LogP contribution >= 0.6 is 0 Å². The summed E-state index contributed by atoms with van der Waals surface area (Å²) in [7, 11) is 0. The molecule has 2 fully saturated rings. The van der Waals surface area contributed by atoms with E-state index < -0.39 is 6.67 Å². The van der Waals surface area contributed by atoms with E-state index in [1.54, 1.807) is 10.8 Å². The maximum absolute atomic E-state index is 12.8. The molecule has 1 aromatic carbocycles. The Hall–Kier alpha value is -1.88. The Kier molecular flexibility index (Phi) is 4.50. The van der Waals surface area contributed by atoms with Gasteiger partial charge in [-0.3, -0.25) is 0 Å². The first-order chi connectivity index (χ1) is 12.2. The first-order valence-corrected chi connectivity index (χ1v) is 9.10. The van der Waals surface area contributed by atoms with Gasteiger partial charge in [-0.25, -0.2) is 9.18 Å². The molecule has 2 heterocycles. The van der Waals surface area contributed by atoms with Crippen molar-refractivity contribution < 1.29 is 18.7 Å². The lowest BCUT2D eigenvalue weighted by Crippen LogP contribution is -2.43. The molecule has 0 N–H and O–H groups in total. The molecule has 4 rings (SSSR count). The Labute approximate surface area is 146 Å². The molecule has 5 heteroatoms. The summed E-state index contributed by atoms with van der Waals surface area (Å²) in [6.45, 7) is 3.59. The lowest BCUT2D eigenvalue weighted by atomic mass is 9.71. The van der Waals surface area contributed by atoms with Gasteiger partial charge >= 0.3 is 5.97 Å². The van der Waals surface area contributed by atoms with E-state index in [2.05, 4.69) is 6.92 Å². The van der Waals surface area contributed by atoms with Gasteiger partial charge in [0.15, 0.2) is 0 Å². The quantitative estimate of drug-likeness (QED) is 0.791. The average Bonchev–Trinajstić information content (AvgIpc) is 2.95. The second-order valence-corrected chi connectivity index (χ2v) is 7.36. The van der Waals surface area contributed by atoms with E-state index in [0.717, 1.165) is 37.0 Å². The van der Waals surface area contributed by atoms with Gasteiger partial charge in [0.1, 0.15) is 12.8 Å². The summed E-state index contributed by atoms with van der Waals surface area (Å²) in [6.07, 6.45) is 3.41. The lowest BCUT2D eigenvalue weighted by Gasteiger charge is -2.43. The summed E-state index contributed by atoms with van der Waals surface area (Å²) >= 11 is 0. The molecule has 1 aliphatic heterocycles. The molecule has 2 aliphatic rings. The fourth-order valence-corrected chi connectivity index (χ4v) is 4.39. The number of hydrogen-bond donors (Lipinski definition) is 0. The molecule has 1 saturated heterocycles. The minimum atomic E-state index is -0.461. The Morgan fingerprint density at radius 1 is 1.28 bits per heavy atom. The van der Waals surface area contributed by atoms with Crippen LogP contribution in [0.15, 0.2) is 30.5 Å². The number of benzene rings is 1. The molecule has 2 aromatic rings. The molecule has 1 aliphatic carbocycles. The summed E-state index contributed by atoms with van der Waals surface area (Å²) in [5.41, 5.74) is 1.40. The van der Waals surface area contributed by atoms with Crippen LogP contribution in [0.3, 0.4) is 0 Å². The molecule has 1 saturated carbocycles. The summed E-state index contributed by atoms with van der Waals surface area (Å²) in [6, 6.07) is 7.59. The van der Waals surface area contributed by atoms with E-state index in [4.69, 9.17) is 9.47 Å². The zero-order chi connectivity index (χ0) is 17.4. The SMILES string of the molecule is CC1C2COCC1CC(OC(=O)c1cn(CCF)c3ccccc13)C2. The minimum absolute atomic E-state index is 0.0501. The van der Waals surface area contributed by atoms with E-state index in [1.807, 2.05) is 24.3 Å². The van der Waals surface area contributed by atoms with Crippen molar-refractivity contribution in [1.29, 1.82) is 0 Å². The molecule has 2 bridgehead atoms. The van der Waals surface area contributed by atoms with Crippen molar-refractivity contribution in [1.82, 2.24) is 4.57 Å². The highest BCUT2D eigenvalue weighted by atomic mass is 19.1. The molecular formula is C20H24FNO3. The van der Waals surface area contributed by atoms with Gasteiger partial charge in [-0.15, -0.1) is 0 Å². The van der Waals surface area contributed by atoms with Gasteiger partial charge in [0.05, 0.1) is 12.1 Å². The number of esters is 1. The standard InChI is InChI=1S/C20H24FNO3/c1-13-14-8-16(9-15(13)12-24-11-14)25-20(23)18-10-22(7-6-21)19-5-3-2-4-17(18)19/h2-5,10,13-16H,6-9,11-12H2,1H3. The zero-order valence-electron chi connectivity index (χ0n) is 14.5. The van der Waals surface area contributed by atoms with Crippen molar-refractivity contribution in [2.75, 3.05) is 19.9 Å². The molecule has 134 valence electrons. The third kappa shape index (κ3) is 3.06. The fraction of sp³-hybridized carbons (Fsp3) is 0.550. The van der Waals surface area contributed by atoms with Crippen LogP contribution in [0, 0.1) is 17.8 Å². The van der Waals surface area contributed by atoms with Gasteiger partial charge in [0.2, 0.25) is 0 Å². The van der Waals surface area contributed by atoms with E-state index in [1.165, 1.54) is 0 Å². The van der Waals surface area contributed by atoms with Crippen molar-refractivity contribution in [3.63, 3.8) is 0 Å². The summed E-state index contributed by atoms with van der Waals surface area (Å²) in [5.74, 6) is 1.28. The van der Waals surface area contributed by atoms with E-state index >= 15 is 0 Å². The fourth-order valence-electron chi connectivity index (χ4n) is 4.39. The van der Waals surface area contributed by atoms with E-state index in [9.17, 15) is 9.18 Å². The van der Waals surface area contributed by atoms with Crippen LogP contribution in [0.5, 0.6) is 0 Å². The predicted molar refractivity (Wildman–Crippen MR) is 93.3 cm³/mol. The van der Waals surface area contributed by atoms with Gasteiger partial charge in [-0.2, -0.15) is 0 Å². The smallest absolute Gasteiger partial charge is 0.340 e.